The van der Waals surface area contributed by atoms with Gasteiger partial charge in [-0.15, -0.1) is 0 Å². The molecule has 1 saturated carbocycles. The maximum absolute atomic E-state index is 12.1. The highest BCUT2D eigenvalue weighted by Gasteiger charge is 2.18. The zero-order chi connectivity index (χ0) is 18.3. The molecule has 0 saturated heterocycles. The van der Waals surface area contributed by atoms with Gasteiger partial charge in [0.15, 0.2) is 0 Å². The van der Waals surface area contributed by atoms with E-state index in [0.29, 0.717) is 12.8 Å². The maximum atomic E-state index is 12.1. The number of hydrogen-bond donors (Lipinski definition) is 1. The van der Waals surface area contributed by atoms with Gasteiger partial charge in [-0.3, -0.25) is 0 Å². The van der Waals surface area contributed by atoms with E-state index in [0.717, 1.165) is 24.2 Å². The van der Waals surface area contributed by atoms with Gasteiger partial charge in [-0.2, -0.15) is 0 Å². The Balaban J connectivity index is 1.88. The highest BCUT2D eigenvalue weighted by Crippen LogP contribution is 2.26. The smallest absolute Gasteiger partial charge is 0.212 e. The molecular formula is C18H26NO5S-. The number of sulfonamides is 1. The van der Waals surface area contributed by atoms with Crippen LogP contribution in [0.4, 0.5) is 0 Å². The number of rotatable bonds is 10. The van der Waals surface area contributed by atoms with Gasteiger partial charge in [0.25, 0.3) is 0 Å². The molecule has 140 valence electrons. The van der Waals surface area contributed by atoms with Crippen LogP contribution in [0.15, 0.2) is 24.3 Å². The Labute approximate surface area is 149 Å². The fraction of sp³-hybridized carbons (Fsp3) is 0.611. The number of nitrogens with one attached hydrogen (secondary N) is 1. The molecule has 1 fully saturated rings. The fourth-order valence-electron chi connectivity index (χ4n) is 3.01. The van der Waals surface area contributed by atoms with Gasteiger partial charge >= 0.3 is 0 Å². The molecule has 0 radical (unpaired) electrons. The van der Waals surface area contributed by atoms with Crippen LogP contribution in [-0.2, 0) is 14.8 Å². The highest BCUT2D eigenvalue weighted by atomic mass is 32.2. The van der Waals surface area contributed by atoms with E-state index in [9.17, 15) is 18.3 Å². The van der Waals surface area contributed by atoms with Crippen molar-refractivity contribution in [3.63, 3.8) is 0 Å². The molecule has 1 atom stereocenters. The Morgan fingerprint density at radius 2 is 2.04 bits per heavy atom. The first-order valence-electron chi connectivity index (χ1n) is 8.82. The molecule has 25 heavy (non-hydrogen) atoms. The topological polar surface area (TPSA) is 95.5 Å². The molecule has 0 spiro atoms. The number of carbonyl (C=O) groups excluding carboxylic acids is 1. The molecule has 1 aromatic rings. The van der Waals surface area contributed by atoms with E-state index < -0.39 is 16.0 Å². The van der Waals surface area contributed by atoms with Gasteiger partial charge in [-0.05, 0) is 69.6 Å². The van der Waals surface area contributed by atoms with Crippen LogP contribution < -0.4 is 14.6 Å². The molecule has 0 aromatic heterocycles. The third-order valence-corrected chi connectivity index (χ3v) is 5.90. The Morgan fingerprint density at radius 1 is 1.32 bits per heavy atom. The van der Waals surface area contributed by atoms with Crippen LogP contribution >= 0.6 is 0 Å². The molecule has 0 unspecified atom stereocenters. The summed E-state index contributed by atoms with van der Waals surface area (Å²) in [6.45, 7) is 1.79. The maximum Gasteiger partial charge on any atom is 0.212 e. The third-order valence-electron chi connectivity index (χ3n) is 4.36. The van der Waals surface area contributed by atoms with Gasteiger partial charge in [0.1, 0.15) is 5.75 Å². The minimum atomic E-state index is -3.47. The minimum Gasteiger partial charge on any atom is -0.550 e. The van der Waals surface area contributed by atoms with E-state index in [-0.39, 0.29) is 24.3 Å². The van der Waals surface area contributed by atoms with Crippen LogP contribution in [0.5, 0.6) is 5.75 Å². The Hall–Kier alpha value is -1.60. The van der Waals surface area contributed by atoms with Gasteiger partial charge in [-0.1, -0.05) is 12.1 Å². The van der Waals surface area contributed by atoms with Crippen molar-refractivity contribution in [1.29, 1.82) is 0 Å². The molecule has 0 amide bonds. The lowest BCUT2D eigenvalue weighted by Crippen LogP contribution is -2.29. The molecule has 7 heteroatoms. The standard InChI is InChI=1S/C18H27NO5S/c1-14(19-25(22,23)12-5-4-11-18(20)21)15-7-6-10-17(13-15)24-16-8-2-3-9-16/h6-7,10,13-14,16,19H,2-5,8-9,11-12H2,1H3,(H,20,21)/p-1/t14-/m1/s1. The van der Waals surface area contributed by atoms with Crippen LogP contribution in [0.3, 0.4) is 0 Å². The van der Waals surface area contributed by atoms with E-state index >= 15 is 0 Å². The molecule has 0 aliphatic heterocycles. The summed E-state index contributed by atoms with van der Waals surface area (Å²) in [6.07, 6.45) is 5.24. The van der Waals surface area contributed by atoms with Crippen molar-refractivity contribution in [3.05, 3.63) is 29.8 Å². The van der Waals surface area contributed by atoms with Gasteiger partial charge in [0.2, 0.25) is 10.0 Å². The largest absolute Gasteiger partial charge is 0.550 e. The number of carboxylic acids is 1. The molecule has 0 heterocycles. The number of carboxylic acid groups (broad SMARTS) is 1. The second-order valence-corrected chi connectivity index (χ2v) is 8.46. The van der Waals surface area contributed by atoms with Crippen molar-refractivity contribution in [3.8, 4) is 5.75 Å². The number of carbonyl (C=O) groups is 1. The second kappa shape index (κ2) is 9.20. The molecule has 1 aromatic carbocycles. The minimum absolute atomic E-state index is 0.0944. The average molecular weight is 368 g/mol. The summed E-state index contributed by atoms with van der Waals surface area (Å²) in [6, 6.07) is 7.12. The summed E-state index contributed by atoms with van der Waals surface area (Å²) in [4.78, 5) is 10.4. The van der Waals surface area contributed by atoms with Gasteiger partial charge in [0, 0.05) is 12.0 Å². The Kier molecular flexibility index (Phi) is 7.25. The molecule has 1 N–H and O–H groups in total. The molecule has 1 aliphatic rings. The summed E-state index contributed by atoms with van der Waals surface area (Å²) >= 11 is 0. The SMILES string of the molecule is C[C@@H](NS(=O)(=O)CCCCC(=O)[O-])c1cccc(OC2CCCC2)c1. The summed E-state index contributed by atoms with van der Waals surface area (Å²) in [5, 5.41) is 10.4. The molecular weight excluding hydrogens is 342 g/mol. The lowest BCUT2D eigenvalue weighted by atomic mass is 10.1. The van der Waals surface area contributed by atoms with Crippen LogP contribution in [0.2, 0.25) is 0 Å². The first-order chi connectivity index (χ1) is 11.9. The normalized spacial score (nSPS) is 16.7. The molecule has 0 bridgehead atoms. The number of unbranched alkanes of at least 4 members (excludes halogenated alkanes) is 1. The van der Waals surface area contributed by atoms with Crippen molar-refractivity contribution >= 4 is 16.0 Å². The number of benzene rings is 1. The number of aliphatic carboxylic acids is 1. The van der Waals surface area contributed by atoms with Crippen molar-refractivity contribution in [2.24, 2.45) is 0 Å². The van der Waals surface area contributed by atoms with Crippen molar-refractivity contribution < 1.29 is 23.1 Å². The molecule has 6 nitrogen and oxygen atoms in total. The zero-order valence-corrected chi connectivity index (χ0v) is 15.4. The second-order valence-electron chi connectivity index (χ2n) is 6.58. The molecule has 2 rings (SSSR count). The van der Waals surface area contributed by atoms with Crippen molar-refractivity contribution in [1.82, 2.24) is 4.72 Å². The van der Waals surface area contributed by atoms with Crippen molar-refractivity contribution in [2.75, 3.05) is 5.75 Å². The van der Waals surface area contributed by atoms with E-state index in [4.69, 9.17) is 4.74 Å². The summed E-state index contributed by atoms with van der Waals surface area (Å²) in [5.74, 6) is -0.481. The Bertz CT molecular complexity index is 668. The predicted molar refractivity (Wildman–Crippen MR) is 93.5 cm³/mol. The van der Waals surface area contributed by atoms with E-state index in [1.165, 1.54) is 12.8 Å². The van der Waals surface area contributed by atoms with Gasteiger partial charge in [0.05, 0.1) is 11.9 Å². The predicted octanol–water partition coefficient (Wildman–Crippen LogP) is 1.91. The van der Waals surface area contributed by atoms with Crippen LogP contribution in [0.25, 0.3) is 0 Å². The average Bonchev–Trinajstić information content (AvgIpc) is 3.04. The molecule has 1 aliphatic carbocycles. The zero-order valence-electron chi connectivity index (χ0n) is 14.6. The van der Waals surface area contributed by atoms with Gasteiger partial charge < -0.3 is 14.6 Å². The summed E-state index contributed by atoms with van der Waals surface area (Å²) in [7, 11) is -3.47. The fourth-order valence-corrected chi connectivity index (χ4v) is 4.39. The van der Waals surface area contributed by atoms with Gasteiger partial charge in [-0.25, -0.2) is 13.1 Å². The Morgan fingerprint density at radius 3 is 2.72 bits per heavy atom. The summed E-state index contributed by atoms with van der Waals surface area (Å²) in [5.41, 5.74) is 0.841. The van der Waals surface area contributed by atoms with Crippen molar-refractivity contribution in [2.45, 2.75) is 64.0 Å². The first-order valence-corrected chi connectivity index (χ1v) is 10.5. The third kappa shape index (κ3) is 7.04. The number of ether oxygens (including phenoxy) is 1. The lowest BCUT2D eigenvalue weighted by molar-refractivity contribution is -0.305. The van der Waals surface area contributed by atoms with Crippen LogP contribution in [0.1, 0.15) is 63.5 Å². The lowest BCUT2D eigenvalue weighted by Gasteiger charge is -2.17. The highest BCUT2D eigenvalue weighted by molar-refractivity contribution is 7.89. The van der Waals surface area contributed by atoms with E-state index in [2.05, 4.69) is 4.72 Å². The van der Waals surface area contributed by atoms with Crippen LogP contribution in [-0.4, -0.2) is 26.2 Å². The number of hydrogen-bond acceptors (Lipinski definition) is 5. The first kappa shape index (κ1) is 19.7. The van der Waals surface area contributed by atoms with Crippen LogP contribution in [0, 0.1) is 0 Å². The van der Waals surface area contributed by atoms with E-state index in [1.54, 1.807) is 6.92 Å². The monoisotopic (exact) mass is 368 g/mol. The van der Waals surface area contributed by atoms with E-state index in [1.807, 2.05) is 24.3 Å². The quantitative estimate of drug-likeness (QED) is 0.637. The summed E-state index contributed by atoms with van der Waals surface area (Å²) < 4.78 is 32.8.